The van der Waals surface area contributed by atoms with Crippen LogP contribution in [0.3, 0.4) is 0 Å². The zero-order valence-corrected chi connectivity index (χ0v) is 15.5. The molecule has 4 amide bonds. The number of imide groups is 1. The number of carbonyl (C=O) groups excluding carboxylic acids is 3. The molecule has 140 valence electrons. The molecular weight excluding hydrogens is 346 g/mol. The summed E-state index contributed by atoms with van der Waals surface area (Å²) in [6.07, 6.45) is 2.88. The third kappa shape index (κ3) is 3.38. The van der Waals surface area contributed by atoms with Gasteiger partial charge in [0.25, 0.3) is 5.91 Å². The fourth-order valence-electron chi connectivity index (χ4n) is 3.80. The van der Waals surface area contributed by atoms with E-state index in [0.717, 1.165) is 17.7 Å². The smallest absolute Gasteiger partial charge is 0.325 e. The fraction of sp³-hybridized carbons (Fsp3) is 0.812. The highest BCUT2D eigenvalue weighted by atomic mass is 32.2. The van der Waals surface area contributed by atoms with Crippen LogP contribution in [0.25, 0.3) is 0 Å². The van der Waals surface area contributed by atoms with Crippen molar-refractivity contribution in [3.8, 4) is 0 Å². The number of carbonyl (C=O) groups is 3. The summed E-state index contributed by atoms with van der Waals surface area (Å²) in [5, 5.41) is 2.72. The number of nitrogens with one attached hydrogen (secondary N) is 1. The van der Waals surface area contributed by atoms with Gasteiger partial charge in [-0.25, -0.2) is 13.2 Å². The second kappa shape index (κ2) is 6.26. The Kier molecular flexibility index (Phi) is 4.55. The van der Waals surface area contributed by atoms with E-state index >= 15 is 0 Å². The molecule has 1 saturated carbocycles. The molecule has 2 atom stereocenters. The lowest BCUT2D eigenvalue weighted by molar-refractivity contribution is -0.140. The average molecular weight is 371 g/mol. The van der Waals surface area contributed by atoms with Crippen LogP contribution in [0.2, 0.25) is 0 Å². The molecule has 0 spiro atoms. The van der Waals surface area contributed by atoms with Gasteiger partial charge in [0.15, 0.2) is 9.84 Å². The van der Waals surface area contributed by atoms with Gasteiger partial charge in [-0.05, 0) is 38.5 Å². The summed E-state index contributed by atoms with van der Waals surface area (Å²) in [6.45, 7) is 3.70. The Morgan fingerprint density at radius 2 is 2.00 bits per heavy atom. The van der Waals surface area contributed by atoms with Crippen molar-refractivity contribution < 1.29 is 22.8 Å². The zero-order valence-electron chi connectivity index (χ0n) is 14.7. The van der Waals surface area contributed by atoms with Crippen LogP contribution in [0.4, 0.5) is 4.79 Å². The van der Waals surface area contributed by atoms with Crippen molar-refractivity contribution in [3.05, 3.63) is 0 Å². The van der Waals surface area contributed by atoms with Gasteiger partial charge in [-0.3, -0.25) is 14.5 Å². The van der Waals surface area contributed by atoms with Crippen molar-refractivity contribution >= 4 is 27.7 Å². The Morgan fingerprint density at radius 3 is 2.52 bits per heavy atom. The lowest BCUT2D eigenvalue weighted by Crippen LogP contribution is -2.49. The molecule has 25 heavy (non-hydrogen) atoms. The van der Waals surface area contributed by atoms with Crippen molar-refractivity contribution in [1.82, 2.24) is 15.1 Å². The SMILES string of the molecule is CCCN(C(=O)CN1C(=O)N[C@](C)(C2CC2)C1=O)[C@@H]1CCS(=O)(=O)C1. The van der Waals surface area contributed by atoms with Gasteiger partial charge in [-0.2, -0.15) is 0 Å². The second-order valence-electron chi connectivity index (χ2n) is 7.44. The number of rotatable bonds is 6. The topological polar surface area (TPSA) is 104 Å². The predicted molar refractivity (Wildman–Crippen MR) is 90.4 cm³/mol. The van der Waals surface area contributed by atoms with E-state index < -0.39 is 21.4 Å². The Morgan fingerprint density at radius 1 is 1.32 bits per heavy atom. The Hall–Kier alpha value is -1.64. The van der Waals surface area contributed by atoms with Crippen LogP contribution in [-0.2, 0) is 19.4 Å². The number of urea groups is 1. The van der Waals surface area contributed by atoms with Crippen molar-refractivity contribution in [2.24, 2.45) is 5.92 Å². The molecule has 2 heterocycles. The molecule has 0 bridgehead atoms. The number of hydrogen-bond acceptors (Lipinski definition) is 5. The molecule has 8 nitrogen and oxygen atoms in total. The number of nitrogens with zero attached hydrogens (tertiary/aromatic N) is 2. The van der Waals surface area contributed by atoms with Crippen LogP contribution in [0.15, 0.2) is 0 Å². The molecule has 1 aliphatic carbocycles. The second-order valence-corrected chi connectivity index (χ2v) is 9.67. The van der Waals surface area contributed by atoms with E-state index in [2.05, 4.69) is 5.32 Å². The van der Waals surface area contributed by atoms with Crippen LogP contribution in [0.1, 0.15) is 39.5 Å². The molecule has 9 heteroatoms. The molecule has 1 N–H and O–H groups in total. The van der Waals surface area contributed by atoms with Gasteiger partial charge in [0.05, 0.1) is 11.5 Å². The standard InChI is InChI=1S/C16H25N3O5S/c1-3-7-18(12-6-8-25(23,24)10-12)13(20)9-19-14(21)16(2,11-4-5-11)17-15(19)22/h11-12H,3-10H2,1-2H3,(H,17,22)/t12-,16-/m1/s1. The first-order valence-corrected chi connectivity index (χ1v) is 10.6. The normalized spacial score (nSPS) is 31.3. The van der Waals surface area contributed by atoms with Gasteiger partial charge in [0.1, 0.15) is 12.1 Å². The van der Waals surface area contributed by atoms with Crippen molar-refractivity contribution in [3.63, 3.8) is 0 Å². The number of hydrogen-bond donors (Lipinski definition) is 1. The monoisotopic (exact) mass is 371 g/mol. The van der Waals surface area contributed by atoms with Crippen LogP contribution in [0.5, 0.6) is 0 Å². The molecule has 3 aliphatic rings. The Balaban J connectivity index is 1.71. The van der Waals surface area contributed by atoms with Gasteiger partial charge < -0.3 is 10.2 Å². The maximum Gasteiger partial charge on any atom is 0.325 e. The van der Waals surface area contributed by atoms with Crippen LogP contribution in [0, 0.1) is 5.92 Å². The lowest BCUT2D eigenvalue weighted by Gasteiger charge is -2.29. The van der Waals surface area contributed by atoms with Crippen molar-refractivity contribution in [2.45, 2.75) is 51.1 Å². The summed E-state index contributed by atoms with van der Waals surface area (Å²) in [5.41, 5.74) is -0.913. The molecule has 2 saturated heterocycles. The largest absolute Gasteiger partial charge is 0.337 e. The summed E-state index contributed by atoms with van der Waals surface area (Å²) < 4.78 is 23.4. The summed E-state index contributed by atoms with van der Waals surface area (Å²) in [7, 11) is -3.12. The van der Waals surface area contributed by atoms with E-state index in [-0.39, 0.29) is 41.8 Å². The third-order valence-electron chi connectivity index (χ3n) is 5.42. The third-order valence-corrected chi connectivity index (χ3v) is 7.17. The van der Waals surface area contributed by atoms with E-state index in [1.807, 2.05) is 6.92 Å². The lowest BCUT2D eigenvalue weighted by atomic mass is 9.96. The van der Waals surface area contributed by atoms with Gasteiger partial charge in [0.2, 0.25) is 5.91 Å². The summed E-state index contributed by atoms with van der Waals surface area (Å²) >= 11 is 0. The number of amides is 4. The molecule has 0 aromatic rings. The van der Waals surface area contributed by atoms with Crippen LogP contribution >= 0.6 is 0 Å². The maximum atomic E-state index is 12.7. The van der Waals surface area contributed by atoms with Crippen molar-refractivity contribution in [1.29, 1.82) is 0 Å². The van der Waals surface area contributed by atoms with E-state index in [0.29, 0.717) is 19.4 Å². The van der Waals surface area contributed by atoms with E-state index in [9.17, 15) is 22.8 Å². The quantitative estimate of drug-likeness (QED) is 0.669. The average Bonchev–Trinajstić information content (AvgIpc) is 3.29. The molecule has 0 aromatic heterocycles. The van der Waals surface area contributed by atoms with Crippen molar-refractivity contribution in [2.75, 3.05) is 24.6 Å². The van der Waals surface area contributed by atoms with E-state index in [1.165, 1.54) is 4.90 Å². The molecule has 2 aliphatic heterocycles. The van der Waals surface area contributed by atoms with Crippen LogP contribution < -0.4 is 5.32 Å². The van der Waals surface area contributed by atoms with Gasteiger partial charge in [-0.1, -0.05) is 6.92 Å². The highest BCUT2D eigenvalue weighted by molar-refractivity contribution is 7.91. The summed E-state index contributed by atoms with van der Waals surface area (Å²) in [4.78, 5) is 40.1. The highest BCUT2D eigenvalue weighted by Crippen LogP contribution is 2.42. The first kappa shape index (κ1) is 18.2. The molecule has 3 rings (SSSR count). The molecule has 0 aromatic carbocycles. The Bertz CT molecular complexity index is 703. The zero-order chi connectivity index (χ0) is 18.4. The Labute approximate surface area is 147 Å². The first-order chi connectivity index (χ1) is 11.7. The van der Waals surface area contributed by atoms with E-state index in [4.69, 9.17) is 0 Å². The first-order valence-electron chi connectivity index (χ1n) is 8.82. The summed E-state index contributed by atoms with van der Waals surface area (Å²) in [6, 6.07) is -0.906. The highest BCUT2D eigenvalue weighted by Gasteiger charge is 2.56. The molecular formula is C16H25N3O5S. The molecule has 0 radical (unpaired) electrons. The summed E-state index contributed by atoms with van der Waals surface area (Å²) in [5.74, 6) is -0.556. The maximum absolute atomic E-state index is 12.7. The minimum atomic E-state index is -3.12. The van der Waals surface area contributed by atoms with Crippen LogP contribution in [-0.4, -0.2) is 72.2 Å². The van der Waals surface area contributed by atoms with E-state index in [1.54, 1.807) is 6.92 Å². The van der Waals surface area contributed by atoms with Gasteiger partial charge in [-0.15, -0.1) is 0 Å². The van der Waals surface area contributed by atoms with Gasteiger partial charge >= 0.3 is 6.03 Å². The predicted octanol–water partition coefficient (Wildman–Crippen LogP) is 0.133. The minimum absolute atomic E-state index is 0.0430. The fourth-order valence-corrected chi connectivity index (χ4v) is 5.53. The molecule has 3 fully saturated rings. The number of sulfone groups is 1. The van der Waals surface area contributed by atoms with Gasteiger partial charge in [0, 0.05) is 12.6 Å². The molecule has 0 unspecified atom stereocenters. The minimum Gasteiger partial charge on any atom is -0.337 e.